The molecule has 4 rings (SSSR count). The summed E-state index contributed by atoms with van der Waals surface area (Å²) in [7, 11) is 0. The molecule has 9 heteroatoms. The zero-order valence-corrected chi connectivity index (χ0v) is 20.8. The van der Waals surface area contributed by atoms with E-state index in [4.69, 9.17) is 21.5 Å². The van der Waals surface area contributed by atoms with Crippen molar-refractivity contribution in [3.05, 3.63) is 88.8 Å². The lowest BCUT2D eigenvalue weighted by atomic mass is 9.85. The van der Waals surface area contributed by atoms with Crippen LogP contribution in [-0.4, -0.2) is 50.5 Å². The summed E-state index contributed by atoms with van der Waals surface area (Å²) in [4.78, 5) is 27.1. The van der Waals surface area contributed by atoms with Crippen molar-refractivity contribution in [3.63, 3.8) is 0 Å². The van der Waals surface area contributed by atoms with Gasteiger partial charge in [0.2, 0.25) is 0 Å². The van der Waals surface area contributed by atoms with Crippen LogP contribution in [-0.2, 0) is 16.0 Å². The molecule has 0 saturated heterocycles. The first-order valence-electron chi connectivity index (χ1n) is 11.6. The molecule has 0 aliphatic carbocycles. The number of benzene rings is 2. The number of aliphatic carboxylic acids is 2. The second-order valence-electron chi connectivity index (χ2n) is 9.14. The Morgan fingerprint density at radius 1 is 1.14 bits per heavy atom. The number of hydrogen-bond donors (Lipinski definition) is 4. The normalized spacial score (nSPS) is 17.7. The Balaban J connectivity index is 0.000000414. The summed E-state index contributed by atoms with van der Waals surface area (Å²) in [6.07, 6.45) is 1.27. The summed E-state index contributed by atoms with van der Waals surface area (Å²) < 4.78 is 6.17. The number of hydrogen-bond acceptors (Lipinski definition) is 6. The van der Waals surface area contributed by atoms with Gasteiger partial charge in [-0.2, -0.15) is 0 Å². The van der Waals surface area contributed by atoms with Crippen LogP contribution in [0.4, 0.5) is 5.82 Å². The van der Waals surface area contributed by atoms with E-state index < -0.39 is 23.6 Å². The Kier molecular flexibility index (Phi) is 8.60. The van der Waals surface area contributed by atoms with Crippen molar-refractivity contribution in [2.45, 2.75) is 44.9 Å². The first-order valence-corrected chi connectivity index (χ1v) is 11.6. The maximum absolute atomic E-state index is 11.0. The van der Waals surface area contributed by atoms with E-state index in [1.54, 1.807) is 6.07 Å². The zero-order valence-electron chi connectivity index (χ0n) is 20.8. The summed E-state index contributed by atoms with van der Waals surface area (Å²) in [5.74, 6) is -1.38. The van der Waals surface area contributed by atoms with Gasteiger partial charge in [0.1, 0.15) is 17.5 Å². The Morgan fingerprint density at radius 3 is 2.38 bits per heavy atom. The van der Waals surface area contributed by atoms with Crippen LogP contribution in [0.15, 0.2) is 60.7 Å². The van der Waals surface area contributed by atoms with Crippen LogP contribution >= 0.6 is 0 Å². The fourth-order valence-electron chi connectivity index (χ4n) is 4.10. The standard InChI is InChI=1S/C24H25N3O2.C4H4O4/c1-15-12-21(25-4)27-19-13-18-20(14-17(15)19)29-24(2,3)23(28)22(18)26-11-10-16-8-6-5-7-9-16;5-3(6)1-2-4(7)8/h5-9,12-14,22-23,26,28H,10-11H2,1-3H3;1-2H,(H,5,6)(H,7,8)/b;2-1-/t22-,23+;/m0./s1. The number of carbonyl (C=O) groups is 2. The van der Waals surface area contributed by atoms with Gasteiger partial charge in [-0.1, -0.05) is 36.9 Å². The van der Waals surface area contributed by atoms with Gasteiger partial charge in [0.15, 0.2) is 5.52 Å². The van der Waals surface area contributed by atoms with Crippen LogP contribution in [0.1, 0.15) is 36.6 Å². The number of nitrogens with zero attached hydrogens (tertiary/aromatic N) is 2. The Morgan fingerprint density at radius 2 is 1.78 bits per heavy atom. The van der Waals surface area contributed by atoms with Gasteiger partial charge in [-0.25, -0.2) is 9.59 Å². The summed E-state index contributed by atoms with van der Waals surface area (Å²) in [6.45, 7) is 13.8. The molecular weight excluding hydrogens is 474 g/mol. The van der Waals surface area contributed by atoms with Crippen molar-refractivity contribution in [3.8, 4) is 5.75 Å². The second kappa shape index (κ2) is 11.6. The highest BCUT2D eigenvalue weighted by molar-refractivity contribution is 5.89. The minimum Gasteiger partial charge on any atom is -0.485 e. The third kappa shape index (κ3) is 6.91. The fraction of sp³-hybridized carbons (Fsp3) is 0.286. The first kappa shape index (κ1) is 27.3. The molecule has 9 nitrogen and oxygen atoms in total. The highest BCUT2D eigenvalue weighted by atomic mass is 16.5. The number of aliphatic hydroxyl groups excluding tert-OH is 1. The molecule has 37 heavy (non-hydrogen) atoms. The monoisotopic (exact) mass is 503 g/mol. The topological polar surface area (TPSA) is 133 Å². The van der Waals surface area contributed by atoms with Gasteiger partial charge in [0, 0.05) is 23.1 Å². The van der Waals surface area contributed by atoms with Crippen molar-refractivity contribution >= 4 is 28.7 Å². The van der Waals surface area contributed by atoms with Gasteiger partial charge in [0.25, 0.3) is 5.82 Å². The van der Waals surface area contributed by atoms with Crippen LogP contribution in [0.25, 0.3) is 15.7 Å². The van der Waals surface area contributed by atoms with E-state index in [2.05, 4.69) is 27.3 Å². The summed E-state index contributed by atoms with van der Waals surface area (Å²) in [5, 5.41) is 31.1. The molecule has 192 valence electrons. The third-order valence-corrected chi connectivity index (χ3v) is 5.97. The minimum absolute atomic E-state index is 0.277. The van der Waals surface area contributed by atoms with Gasteiger partial charge in [-0.05, 0) is 63.1 Å². The molecule has 1 aliphatic rings. The predicted molar refractivity (Wildman–Crippen MR) is 139 cm³/mol. The number of fused-ring (bicyclic) bond motifs is 2. The molecule has 0 radical (unpaired) electrons. The van der Waals surface area contributed by atoms with E-state index in [-0.39, 0.29) is 6.04 Å². The maximum Gasteiger partial charge on any atom is 0.328 e. The van der Waals surface area contributed by atoms with Gasteiger partial charge in [-0.3, -0.25) is 0 Å². The van der Waals surface area contributed by atoms with Crippen LogP contribution < -0.4 is 10.1 Å². The third-order valence-electron chi connectivity index (χ3n) is 5.97. The van der Waals surface area contributed by atoms with Crippen molar-refractivity contribution in [1.82, 2.24) is 10.3 Å². The molecule has 1 aromatic heterocycles. The molecular formula is C28H29N3O6. The molecule has 0 saturated carbocycles. The largest absolute Gasteiger partial charge is 0.485 e. The number of aliphatic hydroxyl groups is 1. The second-order valence-corrected chi connectivity index (χ2v) is 9.14. The number of carboxylic acid groups (broad SMARTS) is 2. The van der Waals surface area contributed by atoms with E-state index in [0.29, 0.717) is 18.0 Å². The SMILES string of the molecule is O=C(O)/C=C\C(=O)O.[C-]#[N+]c1cc(C)c2cc3c(cc2n1)[C@H](NCCc1ccccc1)[C@@H](O)C(C)(C)O3. The van der Waals surface area contributed by atoms with E-state index in [1.807, 2.05) is 51.1 Å². The predicted octanol–water partition coefficient (Wildman–Crippen LogP) is 4.21. The number of nitrogens with one attached hydrogen (secondary N) is 1. The first-order chi connectivity index (χ1) is 17.5. The van der Waals surface area contributed by atoms with Gasteiger partial charge in [-0.15, -0.1) is 4.98 Å². The average molecular weight is 504 g/mol. The molecule has 4 N–H and O–H groups in total. The van der Waals surface area contributed by atoms with Gasteiger partial charge < -0.3 is 30.2 Å². The fourth-order valence-corrected chi connectivity index (χ4v) is 4.10. The molecule has 1 aliphatic heterocycles. The smallest absolute Gasteiger partial charge is 0.328 e. The highest BCUT2D eigenvalue weighted by Crippen LogP contribution is 2.42. The number of aromatic nitrogens is 1. The molecule has 2 atom stereocenters. The molecule has 0 unspecified atom stereocenters. The lowest BCUT2D eigenvalue weighted by molar-refractivity contribution is -0.134. The Labute approximate surface area is 214 Å². The number of ether oxygens (including phenoxy) is 1. The number of rotatable bonds is 6. The van der Waals surface area contributed by atoms with Gasteiger partial charge >= 0.3 is 11.9 Å². The molecule has 0 spiro atoms. The Bertz CT molecular complexity index is 1350. The van der Waals surface area contributed by atoms with E-state index in [0.717, 1.165) is 40.7 Å². The van der Waals surface area contributed by atoms with Crippen LogP contribution in [0, 0.1) is 13.5 Å². The van der Waals surface area contributed by atoms with Crippen molar-refractivity contribution in [2.24, 2.45) is 0 Å². The van der Waals surface area contributed by atoms with E-state index in [1.165, 1.54) is 5.56 Å². The minimum atomic E-state index is -1.26. The molecule has 2 aromatic carbocycles. The quantitative estimate of drug-likeness (QED) is 0.290. The van der Waals surface area contributed by atoms with Crippen LogP contribution in [0.5, 0.6) is 5.75 Å². The van der Waals surface area contributed by atoms with E-state index >= 15 is 0 Å². The number of aryl methyl sites for hydroxylation is 1. The molecule has 2 heterocycles. The molecule has 3 aromatic rings. The number of carboxylic acids is 2. The molecule has 0 amide bonds. The van der Waals surface area contributed by atoms with Crippen molar-refractivity contribution < 1.29 is 29.6 Å². The zero-order chi connectivity index (χ0) is 27.2. The molecule has 0 fully saturated rings. The lowest BCUT2D eigenvalue weighted by Gasteiger charge is -2.42. The van der Waals surface area contributed by atoms with Crippen molar-refractivity contribution in [2.75, 3.05) is 6.54 Å². The van der Waals surface area contributed by atoms with Gasteiger partial charge in [0.05, 0.1) is 6.04 Å². The van der Waals surface area contributed by atoms with Crippen molar-refractivity contribution in [1.29, 1.82) is 0 Å². The summed E-state index contributed by atoms with van der Waals surface area (Å²) >= 11 is 0. The maximum atomic E-state index is 11.0. The molecule has 0 bridgehead atoms. The highest BCUT2D eigenvalue weighted by Gasteiger charge is 2.43. The number of pyridine rings is 1. The Hall–Kier alpha value is -4.26. The van der Waals surface area contributed by atoms with Crippen LogP contribution in [0.3, 0.4) is 0 Å². The average Bonchev–Trinajstić information content (AvgIpc) is 2.85. The lowest BCUT2D eigenvalue weighted by Crippen LogP contribution is -2.52. The van der Waals surface area contributed by atoms with Crippen LogP contribution in [0.2, 0.25) is 0 Å². The summed E-state index contributed by atoms with van der Waals surface area (Å²) in [6, 6.07) is 15.7. The summed E-state index contributed by atoms with van der Waals surface area (Å²) in [5.41, 5.74) is 3.15. The van der Waals surface area contributed by atoms with E-state index in [9.17, 15) is 14.7 Å².